The van der Waals surface area contributed by atoms with Crippen molar-refractivity contribution in [2.45, 2.75) is 19.9 Å². The van der Waals surface area contributed by atoms with Gasteiger partial charge in [-0.15, -0.1) is 11.3 Å². The molecule has 0 aliphatic rings. The van der Waals surface area contributed by atoms with Crippen molar-refractivity contribution < 1.29 is 4.79 Å². The van der Waals surface area contributed by atoms with Gasteiger partial charge < -0.3 is 9.88 Å². The van der Waals surface area contributed by atoms with Gasteiger partial charge in [-0.2, -0.15) is 0 Å². The van der Waals surface area contributed by atoms with E-state index >= 15 is 0 Å². The summed E-state index contributed by atoms with van der Waals surface area (Å²) in [6.45, 7) is 3.16. The number of imidazole rings is 2. The highest BCUT2D eigenvalue weighted by Gasteiger charge is 2.19. The van der Waals surface area contributed by atoms with E-state index in [0.717, 1.165) is 28.2 Å². The number of amides is 1. The SMILES string of the molecule is Cc1nc(Cn2cnc(-c3nc(C(=O)NCCc4ccncc4)c4ccccn34)c2)cs1. The van der Waals surface area contributed by atoms with Crippen LogP contribution in [0.15, 0.2) is 66.8 Å². The van der Waals surface area contributed by atoms with Gasteiger partial charge in [0.15, 0.2) is 11.5 Å². The smallest absolute Gasteiger partial charge is 0.272 e. The molecule has 0 fully saturated rings. The van der Waals surface area contributed by atoms with Crippen LogP contribution in [0, 0.1) is 6.92 Å². The lowest BCUT2D eigenvalue weighted by molar-refractivity contribution is 0.0951. The van der Waals surface area contributed by atoms with E-state index in [4.69, 9.17) is 0 Å². The lowest BCUT2D eigenvalue weighted by Crippen LogP contribution is -2.26. The van der Waals surface area contributed by atoms with Gasteiger partial charge in [0, 0.05) is 36.7 Å². The lowest BCUT2D eigenvalue weighted by atomic mass is 10.2. The first kappa shape index (κ1) is 20.1. The minimum Gasteiger partial charge on any atom is -0.350 e. The number of nitrogens with one attached hydrogen (secondary N) is 1. The van der Waals surface area contributed by atoms with Gasteiger partial charge in [0.05, 0.1) is 29.1 Å². The number of aromatic nitrogens is 6. The second-order valence-corrected chi connectivity index (χ2v) is 8.45. The molecule has 8 nitrogen and oxygen atoms in total. The first-order chi connectivity index (χ1) is 15.7. The van der Waals surface area contributed by atoms with Crippen molar-refractivity contribution in [1.29, 1.82) is 0 Å². The average Bonchev–Trinajstić information content (AvgIpc) is 3.53. The van der Waals surface area contributed by atoms with Crippen LogP contribution in [0.3, 0.4) is 0 Å². The number of fused-ring (bicyclic) bond motifs is 1. The Kier molecular flexibility index (Phi) is 5.47. The Bertz CT molecular complexity index is 1370. The maximum absolute atomic E-state index is 12.9. The molecule has 0 aromatic carbocycles. The van der Waals surface area contributed by atoms with Crippen LogP contribution in [0.2, 0.25) is 0 Å². The number of hydrogen-bond acceptors (Lipinski definition) is 6. The fourth-order valence-corrected chi connectivity index (χ4v) is 4.17. The van der Waals surface area contributed by atoms with Crippen LogP contribution in [0.1, 0.15) is 26.8 Å². The number of thiazole rings is 1. The highest BCUT2D eigenvalue weighted by Crippen LogP contribution is 2.22. The molecule has 9 heteroatoms. The van der Waals surface area contributed by atoms with Crippen LogP contribution < -0.4 is 5.32 Å². The zero-order chi connectivity index (χ0) is 21.9. The number of rotatable bonds is 7. The highest BCUT2D eigenvalue weighted by atomic mass is 32.1. The second kappa shape index (κ2) is 8.72. The summed E-state index contributed by atoms with van der Waals surface area (Å²) in [5.74, 6) is 0.430. The molecular formula is C23H21N7OS. The largest absolute Gasteiger partial charge is 0.350 e. The van der Waals surface area contributed by atoms with Crippen LogP contribution in [0.25, 0.3) is 17.0 Å². The fraction of sp³-hybridized carbons (Fsp3) is 0.174. The molecule has 0 saturated carbocycles. The van der Waals surface area contributed by atoms with Crippen molar-refractivity contribution in [3.05, 3.63) is 88.8 Å². The van der Waals surface area contributed by atoms with Gasteiger partial charge in [0.2, 0.25) is 0 Å². The minimum atomic E-state index is -0.202. The molecule has 0 aliphatic heterocycles. The summed E-state index contributed by atoms with van der Waals surface area (Å²) in [5.41, 5.74) is 3.96. The van der Waals surface area contributed by atoms with Crippen molar-refractivity contribution in [1.82, 2.24) is 34.2 Å². The zero-order valence-corrected chi connectivity index (χ0v) is 18.3. The van der Waals surface area contributed by atoms with Gasteiger partial charge in [-0.1, -0.05) is 6.07 Å². The molecule has 5 aromatic rings. The predicted octanol–water partition coefficient (Wildman–Crippen LogP) is 3.38. The van der Waals surface area contributed by atoms with Crippen molar-refractivity contribution >= 4 is 22.8 Å². The van der Waals surface area contributed by atoms with E-state index in [-0.39, 0.29) is 5.91 Å². The predicted molar refractivity (Wildman–Crippen MR) is 123 cm³/mol. The van der Waals surface area contributed by atoms with E-state index in [1.165, 1.54) is 0 Å². The third-order valence-corrected chi connectivity index (χ3v) is 5.91. The number of hydrogen-bond donors (Lipinski definition) is 1. The van der Waals surface area contributed by atoms with E-state index in [1.807, 2.05) is 64.0 Å². The highest BCUT2D eigenvalue weighted by molar-refractivity contribution is 7.09. The van der Waals surface area contributed by atoms with E-state index < -0.39 is 0 Å². The van der Waals surface area contributed by atoms with Gasteiger partial charge in [-0.05, 0) is 43.2 Å². The molecule has 1 amide bonds. The van der Waals surface area contributed by atoms with Crippen molar-refractivity contribution in [2.24, 2.45) is 0 Å². The topological polar surface area (TPSA) is 90.0 Å². The molecule has 160 valence electrons. The molecule has 32 heavy (non-hydrogen) atoms. The summed E-state index contributed by atoms with van der Waals surface area (Å²) >= 11 is 1.63. The normalized spacial score (nSPS) is 11.2. The number of nitrogens with zero attached hydrogens (tertiary/aromatic N) is 6. The summed E-state index contributed by atoms with van der Waals surface area (Å²) in [6.07, 6.45) is 9.83. The Hall–Kier alpha value is -3.85. The number of pyridine rings is 2. The quantitative estimate of drug-likeness (QED) is 0.417. The average molecular weight is 444 g/mol. The third kappa shape index (κ3) is 4.15. The van der Waals surface area contributed by atoms with Crippen LogP contribution in [-0.2, 0) is 13.0 Å². The summed E-state index contributed by atoms with van der Waals surface area (Å²) < 4.78 is 3.87. The van der Waals surface area contributed by atoms with Crippen molar-refractivity contribution in [3.63, 3.8) is 0 Å². The molecule has 5 aromatic heterocycles. The minimum absolute atomic E-state index is 0.202. The number of carbonyl (C=O) groups excluding carboxylic acids is 1. The second-order valence-electron chi connectivity index (χ2n) is 7.39. The van der Waals surface area contributed by atoms with Crippen LogP contribution >= 0.6 is 11.3 Å². The molecule has 5 rings (SSSR count). The molecule has 5 heterocycles. The van der Waals surface area contributed by atoms with E-state index in [0.29, 0.717) is 30.3 Å². The molecule has 0 atom stereocenters. The summed E-state index contributed by atoms with van der Waals surface area (Å²) in [4.78, 5) is 30.6. The van der Waals surface area contributed by atoms with Crippen molar-refractivity contribution in [3.8, 4) is 11.5 Å². The zero-order valence-electron chi connectivity index (χ0n) is 17.5. The molecular weight excluding hydrogens is 422 g/mol. The van der Waals surface area contributed by atoms with Crippen LogP contribution in [0.5, 0.6) is 0 Å². The number of carbonyl (C=O) groups is 1. The number of aryl methyl sites for hydroxylation is 1. The maximum atomic E-state index is 12.9. The Morgan fingerprint density at radius 3 is 2.84 bits per heavy atom. The molecule has 0 aliphatic carbocycles. The van der Waals surface area contributed by atoms with E-state index in [2.05, 4.69) is 25.3 Å². The van der Waals surface area contributed by atoms with Crippen LogP contribution in [0.4, 0.5) is 0 Å². The van der Waals surface area contributed by atoms with Gasteiger partial charge in [-0.3, -0.25) is 14.2 Å². The van der Waals surface area contributed by atoms with Gasteiger partial charge in [0.25, 0.3) is 5.91 Å². The molecule has 0 spiro atoms. The molecule has 0 unspecified atom stereocenters. The Labute approximate surface area is 188 Å². The van der Waals surface area contributed by atoms with Crippen molar-refractivity contribution in [2.75, 3.05) is 6.54 Å². The maximum Gasteiger partial charge on any atom is 0.272 e. The molecule has 1 N–H and O–H groups in total. The van der Waals surface area contributed by atoms with Crippen LogP contribution in [-0.4, -0.2) is 41.4 Å². The van der Waals surface area contributed by atoms with E-state index in [9.17, 15) is 4.79 Å². The lowest BCUT2D eigenvalue weighted by Gasteiger charge is -2.03. The summed E-state index contributed by atoms with van der Waals surface area (Å²) in [6, 6.07) is 9.60. The molecule has 0 radical (unpaired) electrons. The standard InChI is InChI=1S/C23H21N7OS/c1-16-27-18(14-32-16)12-29-13-19(26-15-29)22-28-21(20-4-2-3-11-30(20)22)23(31)25-10-7-17-5-8-24-9-6-17/h2-6,8-9,11,13-15H,7,10,12H2,1H3,(H,25,31). The first-order valence-corrected chi connectivity index (χ1v) is 11.1. The Balaban J connectivity index is 1.37. The monoisotopic (exact) mass is 443 g/mol. The van der Waals surface area contributed by atoms with Gasteiger partial charge in [0.1, 0.15) is 5.69 Å². The van der Waals surface area contributed by atoms with Gasteiger partial charge in [-0.25, -0.2) is 15.0 Å². The Morgan fingerprint density at radius 1 is 1.16 bits per heavy atom. The molecule has 0 bridgehead atoms. The third-order valence-electron chi connectivity index (χ3n) is 5.09. The summed E-state index contributed by atoms with van der Waals surface area (Å²) in [7, 11) is 0. The first-order valence-electron chi connectivity index (χ1n) is 10.2. The Morgan fingerprint density at radius 2 is 2.03 bits per heavy atom. The fourth-order valence-electron chi connectivity index (χ4n) is 3.57. The summed E-state index contributed by atoms with van der Waals surface area (Å²) in [5, 5.41) is 6.07. The van der Waals surface area contributed by atoms with Gasteiger partial charge >= 0.3 is 0 Å². The molecule has 0 saturated heterocycles. The van der Waals surface area contributed by atoms with E-state index in [1.54, 1.807) is 30.1 Å².